The van der Waals surface area contributed by atoms with Gasteiger partial charge in [-0.2, -0.15) is 13.2 Å². The number of carbonyl (C=O) groups excluding carboxylic acids is 1. The van der Waals surface area contributed by atoms with Gasteiger partial charge in [-0.3, -0.25) is 15.0 Å². The summed E-state index contributed by atoms with van der Waals surface area (Å²) >= 11 is 0. The summed E-state index contributed by atoms with van der Waals surface area (Å²) in [4.78, 5) is 20.2. The Bertz CT molecular complexity index is 1230. The molecule has 6 nitrogen and oxygen atoms in total. The van der Waals surface area contributed by atoms with Gasteiger partial charge in [0.1, 0.15) is 0 Å². The SMILES string of the molecule is O=C(Nc1nc2cc(CN3CCCCC3)ccc2n1C1CCC(O)CC1)c1cccc(C(F)(F)F)c1. The molecule has 0 unspecified atom stereocenters. The Kier molecular flexibility index (Phi) is 7.03. The molecule has 1 saturated carbocycles. The van der Waals surface area contributed by atoms with Crippen LogP contribution in [0.3, 0.4) is 0 Å². The van der Waals surface area contributed by atoms with Gasteiger partial charge >= 0.3 is 6.18 Å². The normalized spacial score (nSPS) is 21.6. The van der Waals surface area contributed by atoms with Crippen LogP contribution in [0.4, 0.5) is 19.1 Å². The zero-order chi connectivity index (χ0) is 25.3. The van der Waals surface area contributed by atoms with E-state index in [0.29, 0.717) is 18.8 Å². The van der Waals surface area contributed by atoms with Crippen molar-refractivity contribution in [1.29, 1.82) is 0 Å². The molecule has 1 aromatic heterocycles. The van der Waals surface area contributed by atoms with E-state index in [0.717, 1.165) is 61.2 Å². The number of imidazole rings is 1. The molecule has 1 saturated heterocycles. The minimum absolute atomic E-state index is 0.0307. The van der Waals surface area contributed by atoms with E-state index in [1.807, 2.05) is 16.7 Å². The maximum atomic E-state index is 13.2. The minimum Gasteiger partial charge on any atom is -0.393 e. The molecule has 1 aliphatic heterocycles. The second kappa shape index (κ2) is 10.2. The van der Waals surface area contributed by atoms with Crippen molar-refractivity contribution in [2.24, 2.45) is 0 Å². The fraction of sp³-hybridized carbons (Fsp3) is 0.481. The molecular formula is C27H31F3N4O2. The van der Waals surface area contributed by atoms with E-state index in [1.165, 1.54) is 31.4 Å². The number of likely N-dealkylation sites (tertiary alicyclic amines) is 1. The standard InChI is InChI=1S/C27H31F3N4O2/c28-27(29,30)20-6-4-5-19(16-20)25(36)32-26-31-23-15-18(17-33-13-2-1-3-14-33)7-12-24(23)34(26)21-8-10-22(35)11-9-21/h4-7,12,15-16,21-22,35H,1-3,8-11,13-14,17H2,(H,31,32,36). The van der Waals surface area contributed by atoms with Gasteiger partial charge in [0, 0.05) is 18.2 Å². The second-order valence-corrected chi connectivity index (χ2v) is 9.96. The minimum atomic E-state index is -4.53. The molecule has 2 aromatic carbocycles. The molecule has 1 aliphatic carbocycles. The molecule has 0 radical (unpaired) electrons. The summed E-state index contributed by atoms with van der Waals surface area (Å²) in [7, 11) is 0. The molecule has 9 heteroatoms. The fourth-order valence-electron chi connectivity index (χ4n) is 5.40. The van der Waals surface area contributed by atoms with Gasteiger partial charge in [-0.1, -0.05) is 18.6 Å². The van der Waals surface area contributed by atoms with Crippen molar-refractivity contribution in [3.8, 4) is 0 Å². The third kappa shape index (κ3) is 5.42. The molecule has 0 spiro atoms. The Hall–Kier alpha value is -2.91. The monoisotopic (exact) mass is 500 g/mol. The highest BCUT2D eigenvalue weighted by Crippen LogP contribution is 2.35. The number of aliphatic hydroxyl groups excluding tert-OH is 1. The average Bonchev–Trinajstić information content (AvgIpc) is 3.21. The Balaban J connectivity index is 1.46. The number of rotatable bonds is 5. The third-order valence-corrected chi connectivity index (χ3v) is 7.32. The van der Waals surface area contributed by atoms with Crippen LogP contribution in [0.5, 0.6) is 0 Å². The topological polar surface area (TPSA) is 70.4 Å². The number of aromatic nitrogens is 2. The van der Waals surface area contributed by atoms with Gasteiger partial charge < -0.3 is 9.67 Å². The summed E-state index contributed by atoms with van der Waals surface area (Å²) in [6.07, 6.45) is 1.57. The van der Waals surface area contributed by atoms with Gasteiger partial charge in [0.15, 0.2) is 0 Å². The van der Waals surface area contributed by atoms with Crippen LogP contribution in [0.25, 0.3) is 11.0 Å². The molecular weight excluding hydrogens is 469 g/mol. The lowest BCUT2D eigenvalue weighted by Crippen LogP contribution is -2.29. The number of nitrogens with zero attached hydrogens (tertiary/aromatic N) is 3. The van der Waals surface area contributed by atoms with Crippen molar-refractivity contribution in [2.45, 2.75) is 69.8 Å². The van der Waals surface area contributed by atoms with Crippen LogP contribution in [-0.2, 0) is 12.7 Å². The first kappa shape index (κ1) is 24.8. The van der Waals surface area contributed by atoms with Crippen molar-refractivity contribution in [1.82, 2.24) is 14.5 Å². The van der Waals surface area contributed by atoms with Crippen LogP contribution in [-0.4, -0.2) is 44.7 Å². The number of nitrogens with one attached hydrogen (secondary N) is 1. The predicted molar refractivity (Wildman–Crippen MR) is 132 cm³/mol. The summed E-state index contributed by atoms with van der Waals surface area (Å²) in [6, 6.07) is 10.6. The summed E-state index contributed by atoms with van der Waals surface area (Å²) in [5.74, 6) is -0.314. The Morgan fingerprint density at radius 3 is 2.50 bits per heavy atom. The number of alkyl halides is 3. The Morgan fingerprint density at radius 2 is 1.78 bits per heavy atom. The maximum Gasteiger partial charge on any atom is 0.416 e. The highest BCUT2D eigenvalue weighted by molar-refractivity contribution is 6.04. The lowest BCUT2D eigenvalue weighted by atomic mass is 9.93. The molecule has 2 heterocycles. The van der Waals surface area contributed by atoms with Crippen LogP contribution in [0.1, 0.15) is 72.5 Å². The number of halogens is 3. The summed E-state index contributed by atoms with van der Waals surface area (Å²) in [5, 5.41) is 12.8. The van der Waals surface area contributed by atoms with Gasteiger partial charge in [0.2, 0.25) is 5.95 Å². The van der Waals surface area contributed by atoms with Crippen molar-refractivity contribution < 1.29 is 23.1 Å². The number of anilines is 1. The fourth-order valence-corrected chi connectivity index (χ4v) is 5.40. The van der Waals surface area contributed by atoms with Crippen molar-refractivity contribution in [2.75, 3.05) is 18.4 Å². The summed E-state index contributed by atoms with van der Waals surface area (Å²) < 4.78 is 41.5. The maximum absolute atomic E-state index is 13.2. The van der Waals surface area contributed by atoms with Gasteiger partial charge in [0.25, 0.3) is 5.91 Å². The van der Waals surface area contributed by atoms with E-state index >= 15 is 0 Å². The van der Waals surface area contributed by atoms with Crippen molar-refractivity contribution in [3.05, 3.63) is 59.2 Å². The molecule has 192 valence electrons. The van der Waals surface area contributed by atoms with Gasteiger partial charge in [-0.15, -0.1) is 0 Å². The molecule has 5 rings (SSSR count). The van der Waals surface area contributed by atoms with Crippen LogP contribution in [0.2, 0.25) is 0 Å². The number of amides is 1. The number of carbonyl (C=O) groups is 1. The summed E-state index contributed by atoms with van der Waals surface area (Å²) in [6.45, 7) is 2.99. The number of benzene rings is 2. The van der Waals surface area contributed by atoms with E-state index in [2.05, 4.69) is 16.3 Å². The Morgan fingerprint density at radius 1 is 1.03 bits per heavy atom. The number of aliphatic hydroxyl groups is 1. The first-order valence-corrected chi connectivity index (χ1v) is 12.7. The van der Waals surface area contributed by atoms with Crippen molar-refractivity contribution >= 4 is 22.9 Å². The zero-order valence-corrected chi connectivity index (χ0v) is 20.1. The number of hydrogen-bond acceptors (Lipinski definition) is 4. The van der Waals surface area contributed by atoms with Crippen LogP contribution in [0, 0.1) is 0 Å². The number of fused-ring (bicyclic) bond motifs is 1. The molecule has 0 bridgehead atoms. The number of piperidine rings is 1. The van der Waals surface area contributed by atoms with Crippen LogP contribution >= 0.6 is 0 Å². The number of hydrogen-bond donors (Lipinski definition) is 2. The first-order chi connectivity index (χ1) is 17.3. The molecule has 2 N–H and O–H groups in total. The van der Waals surface area contributed by atoms with Crippen molar-refractivity contribution in [3.63, 3.8) is 0 Å². The van der Waals surface area contributed by atoms with Gasteiger partial charge in [-0.05, 0) is 87.5 Å². The van der Waals surface area contributed by atoms with E-state index in [-0.39, 0.29) is 17.7 Å². The van der Waals surface area contributed by atoms with E-state index < -0.39 is 17.6 Å². The summed E-state index contributed by atoms with van der Waals surface area (Å²) in [5.41, 5.74) is 1.82. The molecule has 2 aliphatic rings. The highest BCUT2D eigenvalue weighted by Gasteiger charge is 2.31. The highest BCUT2D eigenvalue weighted by atomic mass is 19.4. The lowest BCUT2D eigenvalue weighted by molar-refractivity contribution is -0.137. The van der Waals surface area contributed by atoms with Crippen LogP contribution in [0.15, 0.2) is 42.5 Å². The van der Waals surface area contributed by atoms with E-state index in [9.17, 15) is 23.1 Å². The van der Waals surface area contributed by atoms with E-state index in [4.69, 9.17) is 4.98 Å². The zero-order valence-electron chi connectivity index (χ0n) is 20.1. The largest absolute Gasteiger partial charge is 0.416 e. The quantitative estimate of drug-likeness (QED) is 0.467. The average molecular weight is 501 g/mol. The molecule has 1 amide bonds. The van der Waals surface area contributed by atoms with Gasteiger partial charge in [-0.25, -0.2) is 4.98 Å². The first-order valence-electron chi connectivity index (χ1n) is 12.7. The predicted octanol–water partition coefficient (Wildman–Crippen LogP) is 5.77. The third-order valence-electron chi connectivity index (χ3n) is 7.32. The molecule has 3 aromatic rings. The van der Waals surface area contributed by atoms with Gasteiger partial charge in [0.05, 0.1) is 22.7 Å². The van der Waals surface area contributed by atoms with E-state index in [1.54, 1.807) is 0 Å². The molecule has 2 fully saturated rings. The molecule has 0 atom stereocenters. The molecule has 36 heavy (non-hydrogen) atoms. The smallest absolute Gasteiger partial charge is 0.393 e. The Labute approximate surface area is 208 Å². The van der Waals surface area contributed by atoms with Crippen LogP contribution < -0.4 is 5.32 Å². The second-order valence-electron chi connectivity index (χ2n) is 9.96. The lowest BCUT2D eigenvalue weighted by Gasteiger charge is -2.28.